The third-order valence-electron chi connectivity index (χ3n) is 3.67. The number of rotatable bonds is 2. The molecular formula is C13H18N2O. The molecule has 0 spiro atoms. The van der Waals surface area contributed by atoms with Gasteiger partial charge in [0.25, 0.3) is 0 Å². The molecule has 2 saturated heterocycles. The van der Waals surface area contributed by atoms with E-state index in [0.29, 0.717) is 11.8 Å². The molecule has 0 bridgehead atoms. The second kappa shape index (κ2) is 4.52. The lowest BCUT2D eigenvalue weighted by atomic mass is 9.85. The van der Waals surface area contributed by atoms with E-state index < -0.39 is 0 Å². The van der Waals surface area contributed by atoms with Crippen molar-refractivity contribution in [1.29, 1.82) is 0 Å². The highest BCUT2D eigenvalue weighted by molar-refractivity contribution is 5.28. The Morgan fingerprint density at radius 2 is 2.00 bits per heavy atom. The summed E-state index contributed by atoms with van der Waals surface area (Å²) in [5, 5.41) is 3.42. The maximum atomic E-state index is 5.28. The standard InChI is InChI=1S/C13H18N2O/c1-2-12(10-3-6-14-7-4-10)13(15-5-1)11-8-16-9-11/h1-2,5,10-11,14H,3-4,6-9H2. The molecule has 1 aromatic rings. The van der Waals surface area contributed by atoms with Crippen molar-refractivity contribution in [2.75, 3.05) is 26.3 Å². The van der Waals surface area contributed by atoms with Gasteiger partial charge in [0.1, 0.15) is 0 Å². The summed E-state index contributed by atoms with van der Waals surface area (Å²) < 4.78 is 5.28. The Morgan fingerprint density at radius 1 is 1.19 bits per heavy atom. The molecule has 0 saturated carbocycles. The van der Waals surface area contributed by atoms with Crippen LogP contribution in [0.5, 0.6) is 0 Å². The molecule has 0 unspecified atom stereocenters. The molecule has 2 aliphatic rings. The van der Waals surface area contributed by atoms with Crippen molar-refractivity contribution in [3.05, 3.63) is 29.6 Å². The van der Waals surface area contributed by atoms with Gasteiger partial charge in [-0.15, -0.1) is 0 Å². The fourth-order valence-electron chi connectivity index (χ4n) is 2.64. The number of piperidine rings is 1. The SMILES string of the molecule is c1cnc(C2COC2)c(C2CCNCC2)c1. The molecule has 3 heteroatoms. The smallest absolute Gasteiger partial charge is 0.0572 e. The maximum absolute atomic E-state index is 5.28. The van der Waals surface area contributed by atoms with Crippen LogP contribution in [-0.2, 0) is 4.74 Å². The minimum Gasteiger partial charge on any atom is -0.380 e. The van der Waals surface area contributed by atoms with Crippen molar-refractivity contribution in [2.45, 2.75) is 24.7 Å². The summed E-state index contributed by atoms with van der Waals surface area (Å²) in [5.74, 6) is 1.25. The van der Waals surface area contributed by atoms with Crippen LogP contribution < -0.4 is 5.32 Å². The first-order chi connectivity index (χ1) is 7.95. The molecule has 3 rings (SSSR count). The number of pyridine rings is 1. The fraction of sp³-hybridized carbons (Fsp3) is 0.615. The molecule has 3 heterocycles. The van der Waals surface area contributed by atoms with Gasteiger partial charge in [0.05, 0.1) is 18.9 Å². The summed E-state index contributed by atoms with van der Waals surface area (Å²) >= 11 is 0. The summed E-state index contributed by atoms with van der Waals surface area (Å²) in [4.78, 5) is 4.58. The molecule has 0 atom stereocenters. The van der Waals surface area contributed by atoms with E-state index in [1.165, 1.54) is 24.1 Å². The van der Waals surface area contributed by atoms with E-state index in [4.69, 9.17) is 4.74 Å². The normalized spacial score (nSPS) is 23.0. The van der Waals surface area contributed by atoms with Crippen LogP contribution in [0, 0.1) is 0 Å². The molecule has 16 heavy (non-hydrogen) atoms. The Bertz CT molecular complexity index is 357. The highest BCUT2D eigenvalue weighted by atomic mass is 16.5. The molecule has 0 amide bonds. The van der Waals surface area contributed by atoms with Crippen LogP contribution in [0.3, 0.4) is 0 Å². The van der Waals surface area contributed by atoms with Crippen LogP contribution in [0.15, 0.2) is 18.3 Å². The molecule has 1 N–H and O–H groups in total. The van der Waals surface area contributed by atoms with Gasteiger partial charge in [0.15, 0.2) is 0 Å². The third kappa shape index (κ3) is 1.85. The fourth-order valence-corrected chi connectivity index (χ4v) is 2.64. The first kappa shape index (κ1) is 10.2. The molecule has 2 aliphatic heterocycles. The summed E-state index contributed by atoms with van der Waals surface area (Å²) in [6.07, 6.45) is 4.40. The van der Waals surface area contributed by atoms with Crippen molar-refractivity contribution in [3.63, 3.8) is 0 Å². The number of nitrogens with one attached hydrogen (secondary N) is 1. The molecule has 0 radical (unpaired) electrons. The lowest BCUT2D eigenvalue weighted by Crippen LogP contribution is -2.30. The number of hydrogen-bond donors (Lipinski definition) is 1. The minimum absolute atomic E-state index is 0.547. The zero-order chi connectivity index (χ0) is 10.8. The third-order valence-corrected chi connectivity index (χ3v) is 3.67. The molecule has 3 nitrogen and oxygen atoms in total. The van der Waals surface area contributed by atoms with Gasteiger partial charge in [-0.2, -0.15) is 0 Å². The summed E-state index contributed by atoms with van der Waals surface area (Å²) in [6, 6.07) is 4.33. The summed E-state index contributed by atoms with van der Waals surface area (Å²) in [5.41, 5.74) is 2.76. The van der Waals surface area contributed by atoms with E-state index in [0.717, 1.165) is 26.3 Å². The molecular weight excluding hydrogens is 200 g/mol. The largest absolute Gasteiger partial charge is 0.380 e. The highest BCUT2D eigenvalue weighted by Crippen LogP contribution is 2.33. The first-order valence-electron chi connectivity index (χ1n) is 6.18. The average molecular weight is 218 g/mol. The minimum atomic E-state index is 0.547. The zero-order valence-corrected chi connectivity index (χ0v) is 9.48. The Morgan fingerprint density at radius 3 is 2.69 bits per heavy atom. The molecule has 2 fully saturated rings. The van der Waals surface area contributed by atoms with Gasteiger partial charge >= 0.3 is 0 Å². The lowest BCUT2D eigenvalue weighted by Gasteiger charge is -2.31. The number of hydrogen-bond acceptors (Lipinski definition) is 3. The van der Waals surface area contributed by atoms with E-state index in [-0.39, 0.29) is 0 Å². The van der Waals surface area contributed by atoms with Crippen LogP contribution in [0.1, 0.15) is 35.9 Å². The first-order valence-corrected chi connectivity index (χ1v) is 6.18. The molecule has 0 aliphatic carbocycles. The topological polar surface area (TPSA) is 34.1 Å². The van der Waals surface area contributed by atoms with Crippen LogP contribution in [0.4, 0.5) is 0 Å². The van der Waals surface area contributed by atoms with Crippen LogP contribution in [0.2, 0.25) is 0 Å². The number of nitrogens with zero attached hydrogens (tertiary/aromatic N) is 1. The van der Waals surface area contributed by atoms with Crippen LogP contribution >= 0.6 is 0 Å². The predicted molar refractivity (Wildman–Crippen MR) is 62.6 cm³/mol. The van der Waals surface area contributed by atoms with Gasteiger partial charge in [-0.3, -0.25) is 4.98 Å². The van der Waals surface area contributed by atoms with Crippen LogP contribution in [0.25, 0.3) is 0 Å². The van der Waals surface area contributed by atoms with E-state index >= 15 is 0 Å². The average Bonchev–Trinajstić information content (AvgIpc) is 2.29. The predicted octanol–water partition coefficient (Wildman–Crippen LogP) is 1.66. The second-order valence-corrected chi connectivity index (χ2v) is 4.74. The van der Waals surface area contributed by atoms with Gasteiger partial charge in [0.2, 0.25) is 0 Å². The van der Waals surface area contributed by atoms with E-state index in [1.807, 2.05) is 6.20 Å². The van der Waals surface area contributed by atoms with Gasteiger partial charge < -0.3 is 10.1 Å². The Balaban J connectivity index is 1.86. The van der Waals surface area contributed by atoms with Gasteiger partial charge in [-0.05, 0) is 43.5 Å². The van der Waals surface area contributed by atoms with Crippen molar-refractivity contribution < 1.29 is 4.74 Å². The van der Waals surface area contributed by atoms with E-state index in [1.54, 1.807) is 0 Å². The quantitative estimate of drug-likeness (QED) is 0.819. The molecule has 86 valence electrons. The van der Waals surface area contributed by atoms with Crippen molar-refractivity contribution >= 4 is 0 Å². The molecule has 0 aromatic carbocycles. The van der Waals surface area contributed by atoms with Crippen molar-refractivity contribution in [1.82, 2.24) is 10.3 Å². The van der Waals surface area contributed by atoms with Crippen LogP contribution in [-0.4, -0.2) is 31.3 Å². The Kier molecular flexibility index (Phi) is 2.89. The summed E-state index contributed by atoms with van der Waals surface area (Å²) in [6.45, 7) is 3.99. The van der Waals surface area contributed by atoms with Crippen molar-refractivity contribution in [3.8, 4) is 0 Å². The zero-order valence-electron chi connectivity index (χ0n) is 9.48. The van der Waals surface area contributed by atoms with Gasteiger partial charge in [0, 0.05) is 12.1 Å². The monoisotopic (exact) mass is 218 g/mol. The Labute approximate surface area is 96.2 Å². The number of ether oxygens (including phenoxy) is 1. The van der Waals surface area contributed by atoms with E-state index in [2.05, 4.69) is 22.4 Å². The highest BCUT2D eigenvalue weighted by Gasteiger charge is 2.27. The number of aromatic nitrogens is 1. The lowest BCUT2D eigenvalue weighted by molar-refractivity contribution is 0.00614. The van der Waals surface area contributed by atoms with Crippen molar-refractivity contribution in [2.24, 2.45) is 0 Å². The molecule has 1 aromatic heterocycles. The van der Waals surface area contributed by atoms with Gasteiger partial charge in [-0.25, -0.2) is 0 Å². The van der Waals surface area contributed by atoms with Gasteiger partial charge in [-0.1, -0.05) is 6.07 Å². The van der Waals surface area contributed by atoms with E-state index in [9.17, 15) is 0 Å². The Hall–Kier alpha value is -0.930. The second-order valence-electron chi connectivity index (χ2n) is 4.74. The summed E-state index contributed by atoms with van der Waals surface area (Å²) in [7, 11) is 0. The maximum Gasteiger partial charge on any atom is 0.0572 e.